The van der Waals surface area contributed by atoms with Crippen molar-refractivity contribution in [2.75, 3.05) is 13.2 Å². The average molecular weight is 295 g/mol. The Hall–Kier alpha value is -2.11. The first-order valence-corrected chi connectivity index (χ1v) is 6.92. The fourth-order valence-corrected chi connectivity index (χ4v) is 2.76. The third-order valence-corrected chi connectivity index (χ3v) is 3.93. The van der Waals surface area contributed by atoms with E-state index in [4.69, 9.17) is 4.74 Å². The number of carbonyl (C=O) groups excluding carboxylic acids is 1. The quantitative estimate of drug-likeness (QED) is 0.903. The van der Waals surface area contributed by atoms with Gasteiger partial charge < -0.3 is 14.7 Å². The standard InChI is InChI=1S/C15H18FNO4/c1-2-15(14(19)20)7-4-8-17(15)13(18)10-21-12-6-3-5-11(16)9-12/h3,5-6,9H,2,4,7-8,10H2,1H3,(H,19,20). The summed E-state index contributed by atoms with van der Waals surface area (Å²) in [5, 5.41) is 9.42. The van der Waals surface area contributed by atoms with E-state index in [9.17, 15) is 19.1 Å². The molecule has 1 N–H and O–H groups in total. The van der Waals surface area contributed by atoms with E-state index in [0.717, 1.165) is 0 Å². The molecule has 1 atom stereocenters. The van der Waals surface area contributed by atoms with E-state index < -0.39 is 17.3 Å². The highest BCUT2D eigenvalue weighted by Crippen LogP contribution is 2.32. The van der Waals surface area contributed by atoms with E-state index in [1.807, 2.05) is 0 Å². The van der Waals surface area contributed by atoms with Gasteiger partial charge in [0.1, 0.15) is 17.1 Å². The normalized spacial score (nSPS) is 21.3. The summed E-state index contributed by atoms with van der Waals surface area (Å²) in [6.07, 6.45) is 1.46. The molecule has 0 bridgehead atoms. The van der Waals surface area contributed by atoms with Crippen LogP contribution in [0.5, 0.6) is 5.75 Å². The fraction of sp³-hybridized carbons (Fsp3) is 0.467. The van der Waals surface area contributed by atoms with Gasteiger partial charge in [0.2, 0.25) is 0 Å². The van der Waals surface area contributed by atoms with Gasteiger partial charge in [-0.2, -0.15) is 0 Å². The van der Waals surface area contributed by atoms with Gasteiger partial charge in [0.15, 0.2) is 6.61 Å². The first-order valence-electron chi connectivity index (χ1n) is 6.92. The van der Waals surface area contributed by atoms with Crippen LogP contribution in [0.4, 0.5) is 4.39 Å². The molecule has 1 heterocycles. The molecule has 0 spiro atoms. The first kappa shape index (κ1) is 15.3. The number of carboxylic acid groups (broad SMARTS) is 1. The predicted octanol–water partition coefficient (Wildman–Crippen LogP) is 2.06. The van der Waals surface area contributed by atoms with Crippen molar-refractivity contribution in [3.05, 3.63) is 30.1 Å². The van der Waals surface area contributed by atoms with Crippen LogP contribution in [0, 0.1) is 5.82 Å². The molecule has 1 amide bonds. The summed E-state index contributed by atoms with van der Waals surface area (Å²) in [6, 6.07) is 5.49. The van der Waals surface area contributed by atoms with Crippen LogP contribution in [0.15, 0.2) is 24.3 Å². The van der Waals surface area contributed by atoms with Crippen molar-refractivity contribution in [2.45, 2.75) is 31.7 Å². The molecule has 0 aromatic heterocycles. The van der Waals surface area contributed by atoms with Crippen LogP contribution in [0.1, 0.15) is 26.2 Å². The zero-order chi connectivity index (χ0) is 15.5. The highest BCUT2D eigenvalue weighted by atomic mass is 19.1. The highest BCUT2D eigenvalue weighted by Gasteiger charge is 2.48. The zero-order valence-electron chi connectivity index (χ0n) is 11.8. The summed E-state index contributed by atoms with van der Waals surface area (Å²) in [7, 11) is 0. The number of nitrogens with zero attached hydrogens (tertiary/aromatic N) is 1. The third-order valence-electron chi connectivity index (χ3n) is 3.93. The summed E-state index contributed by atoms with van der Waals surface area (Å²) in [6.45, 7) is 1.87. The number of carbonyl (C=O) groups is 2. The molecule has 0 saturated carbocycles. The molecule has 1 aliphatic rings. The van der Waals surface area contributed by atoms with E-state index in [-0.39, 0.29) is 18.3 Å². The maximum Gasteiger partial charge on any atom is 0.329 e. The Kier molecular flexibility index (Phi) is 4.45. The maximum atomic E-state index is 13.0. The van der Waals surface area contributed by atoms with Crippen molar-refractivity contribution in [1.29, 1.82) is 0 Å². The van der Waals surface area contributed by atoms with Gasteiger partial charge in [0, 0.05) is 12.6 Å². The van der Waals surface area contributed by atoms with Gasteiger partial charge >= 0.3 is 5.97 Å². The van der Waals surface area contributed by atoms with Crippen molar-refractivity contribution < 1.29 is 23.8 Å². The number of amides is 1. The number of ether oxygens (including phenoxy) is 1. The Bertz CT molecular complexity index is 548. The van der Waals surface area contributed by atoms with Crippen molar-refractivity contribution in [3.63, 3.8) is 0 Å². The number of likely N-dealkylation sites (tertiary alicyclic amines) is 1. The third kappa shape index (κ3) is 2.99. The second-order valence-electron chi connectivity index (χ2n) is 5.09. The summed E-state index contributed by atoms with van der Waals surface area (Å²) >= 11 is 0. The number of carboxylic acids is 1. The van der Waals surface area contributed by atoms with Crippen LogP contribution >= 0.6 is 0 Å². The van der Waals surface area contributed by atoms with Crippen molar-refractivity contribution in [1.82, 2.24) is 4.90 Å². The second kappa shape index (κ2) is 6.11. The van der Waals surface area contributed by atoms with Crippen LogP contribution in [-0.4, -0.2) is 40.6 Å². The number of aliphatic carboxylic acids is 1. The molecule has 0 aliphatic carbocycles. The monoisotopic (exact) mass is 295 g/mol. The summed E-state index contributed by atoms with van der Waals surface area (Å²) < 4.78 is 18.3. The summed E-state index contributed by atoms with van der Waals surface area (Å²) in [5.74, 6) is -1.57. The van der Waals surface area contributed by atoms with Gasteiger partial charge in [-0.05, 0) is 31.4 Å². The molecule has 0 radical (unpaired) electrons. The van der Waals surface area contributed by atoms with Gasteiger partial charge in [0.25, 0.3) is 5.91 Å². The topological polar surface area (TPSA) is 66.8 Å². The number of halogens is 1. The van der Waals surface area contributed by atoms with Crippen LogP contribution in [0.2, 0.25) is 0 Å². The van der Waals surface area contributed by atoms with Gasteiger partial charge in [-0.1, -0.05) is 13.0 Å². The van der Waals surface area contributed by atoms with Crippen LogP contribution in [-0.2, 0) is 9.59 Å². The van der Waals surface area contributed by atoms with E-state index in [1.165, 1.54) is 23.1 Å². The predicted molar refractivity (Wildman–Crippen MR) is 73.5 cm³/mol. The SMILES string of the molecule is CCC1(C(=O)O)CCCN1C(=O)COc1cccc(F)c1. The Morgan fingerprint density at radius 1 is 1.48 bits per heavy atom. The second-order valence-corrected chi connectivity index (χ2v) is 5.09. The molecule has 1 fully saturated rings. The summed E-state index contributed by atoms with van der Waals surface area (Å²) in [5.41, 5.74) is -1.14. The van der Waals surface area contributed by atoms with E-state index in [0.29, 0.717) is 25.8 Å². The molecular weight excluding hydrogens is 277 g/mol. The number of hydrogen-bond donors (Lipinski definition) is 1. The lowest BCUT2D eigenvalue weighted by Gasteiger charge is -2.33. The van der Waals surface area contributed by atoms with Crippen LogP contribution in [0.25, 0.3) is 0 Å². The zero-order valence-corrected chi connectivity index (χ0v) is 11.8. The van der Waals surface area contributed by atoms with E-state index in [2.05, 4.69) is 0 Å². The van der Waals surface area contributed by atoms with E-state index >= 15 is 0 Å². The van der Waals surface area contributed by atoms with Crippen LogP contribution < -0.4 is 4.74 Å². The number of hydrogen-bond acceptors (Lipinski definition) is 3. The lowest BCUT2D eigenvalue weighted by molar-refractivity contribution is -0.157. The largest absolute Gasteiger partial charge is 0.484 e. The molecule has 1 saturated heterocycles. The number of rotatable bonds is 5. The first-order chi connectivity index (χ1) is 9.99. The molecule has 6 heteroatoms. The maximum absolute atomic E-state index is 13.0. The Morgan fingerprint density at radius 2 is 2.24 bits per heavy atom. The highest BCUT2D eigenvalue weighted by molar-refractivity contribution is 5.88. The van der Waals surface area contributed by atoms with Gasteiger partial charge in [-0.15, -0.1) is 0 Å². The van der Waals surface area contributed by atoms with Crippen molar-refractivity contribution in [2.24, 2.45) is 0 Å². The molecule has 1 aliphatic heterocycles. The Labute approximate surface area is 122 Å². The molecule has 1 aromatic carbocycles. The molecular formula is C15H18FNO4. The lowest BCUT2D eigenvalue weighted by atomic mass is 9.93. The summed E-state index contributed by atoms with van der Waals surface area (Å²) in [4.78, 5) is 25.1. The fourth-order valence-electron chi connectivity index (χ4n) is 2.76. The molecule has 1 unspecified atom stereocenters. The molecule has 114 valence electrons. The minimum absolute atomic E-state index is 0.250. The molecule has 2 rings (SSSR count). The van der Waals surface area contributed by atoms with Gasteiger partial charge in [-0.25, -0.2) is 9.18 Å². The molecule has 21 heavy (non-hydrogen) atoms. The average Bonchev–Trinajstić information content (AvgIpc) is 2.90. The Balaban J connectivity index is 2.04. The molecule has 5 nitrogen and oxygen atoms in total. The lowest BCUT2D eigenvalue weighted by Crippen LogP contribution is -2.53. The van der Waals surface area contributed by atoms with E-state index in [1.54, 1.807) is 13.0 Å². The number of benzene rings is 1. The molecule has 1 aromatic rings. The van der Waals surface area contributed by atoms with Crippen molar-refractivity contribution in [3.8, 4) is 5.75 Å². The van der Waals surface area contributed by atoms with Crippen molar-refractivity contribution >= 4 is 11.9 Å². The minimum Gasteiger partial charge on any atom is -0.484 e. The Morgan fingerprint density at radius 3 is 2.86 bits per heavy atom. The van der Waals surface area contributed by atoms with Gasteiger partial charge in [0.05, 0.1) is 0 Å². The van der Waals surface area contributed by atoms with Gasteiger partial charge in [-0.3, -0.25) is 4.79 Å². The van der Waals surface area contributed by atoms with Crippen LogP contribution in [0.3, 0.4) is 0 Å². The smallest absolute Gasteiger partial charge is 0.329 e. The minimum atomic E-state index is -1.14.